The van der Waals surface area contributed by atoms with Gasteiger partial charge in [-0.3, -0.25) is 0 Å². The average molecular weight is 359 g/mol. The highest BCUT2D eigenvalue weighted by atomic mass is 16.5. The zero-order valence-corrected chi connectivity index (χ0v) is 17.0. The molecule has 2 aliphatic carbocycles. The van der Waals surface area contributed by atoms with Crippen molar-refractivity contribution in [3.8, 4) is 11.5 Å². The van der Waals surface area contributed by atoms with Crippen LogP contribution in [0.5, 0.6) is 11.5 Å². The first kappa shape index (κ1) is 19.3. The van der Waals surface area contributed by atoms with E-state index in [1.165, 1.54) is 24.8 Å². The van der Waals surface area contributed by atoms with Gasteiger partial charge < -0.3 is 14.6 Å². The molecule has 3 nitrogen and oxygen atoms in total. The molecule has 2 aliphatic rings. The van der Waals surface area contributed by atoms with Crippen LogP contribution in [0.25, 0.3) is 0 Å². The summed E-state index contributed by atoms with van der Waals surface area (Å²) >= 11 is 0. The number of rotatable bonds is 4. The Morgan fingerprint density at radius 3 is 2.54 bits per heavy atom. The molecular weight excluding hydrogens is 324 g/mol. The summed E-state index contributed by atoms with van der Waals surface area (Å²) in [4.78, 5) is 0. The Hall–Kier alpha value is -1.48. The van der Waals surface area contributed by atoms with Crippen molar-refractivity contribution in [2.75, 3.05) is 14.2 Å². The Kier molecular flexibility index (Phi) is 5.13. The van der Waals surface area contributed by atoms with E-state index in [0.29, 0.717) is 17.1 Å². The largest absolute Gasteiger partial charge is 0.497 e. The number of hydrogen-bond donors (Lipinski definition) is 1. The number of hydrogen-bond acceptors (Lipinski definition) is 3. The summed E-state index contributed by atoms with van der Waals surface area (Å²) in [5, 5.41) is 11.5. The van der Waals surface area contributed by atoms with E-state index in [1.807, 2.05) is 18.2 Å². The summed E-state index contributed by atoms with van der Waals surface area (Å²) in [6, 6.07) is 5.67. The molecule has 0 saturated heterocycles. The average Bonchev–Trinajstić information content (AvgIpc) is 2.59. The van der Waals surface area contributed by atoms with Crippen molar-refractivity contribution < 1.29 is 14.6 Å². The minimum absolute atomic E-state index is 0.0434. The zero-order valence-electron chi connectivity index (χ0n) is 17.0. The Labute approximate surface area is 158 Å². The lowest BCUT2D eigenvalue weighted by atomic mass is 9.46. The summed E-state index contributed by atoms with van der Waals surface area (Å²) in [6.07, 6.45) is 5.18. The highest BCUT2D eigenvalue weighted by Crippen LogP contribution is 2.63. The van der Waals surface area contributed by atoms with Crippen LogP contribution in [0.3, 0.4) is 0 Å². The van der Waals surface area contributed by atoms with Crippen LogP contribution in [-0.2, 0) is 0 Å². The lowest BCUT2D eigenvalue weighted by molar-refractivity contribution is -0.0895. The van der Waals surface area contributed by atoms with Gasteiger partial charge in [0.2, 0.25) is 0 Å². The molecule has 2 fully saturated rings. The van der Waals surface area contributed by atoms with Crippen LogP contribution in [0.4, 0.5) is 0 Å². The Morgan fingerprint density at radius 1 is 1.15 bits per heavy atom. The van der Waals surface area contributed by atoms with E-state index in [9.17, 15) is 5.11 Å². The lowest BCUT2D eigenvalue weighted by Crippen LogP contribution is -2.51. The van der Waals surface area contributed by atoms with Crippen LogP contribution >= 0.6 is 0 Å². The Bertz CT molecular complexity index is 678. The van der Waals surface area contributed by atoms with Gasteiger partial charge in [0, 0.05) is 11.5 Å². The van der Waals surface area contributed by atoms with Crippen molar-refractivity contribution in [2.45, 2.75) is 59.0 Å². The van der Waals surface area contributed by atoms with Crippen LogP contribution in [-0.4, -0.2) is 19.3 Å². The minimum atomic E-state index is -0.630. The minimum Gasteiger partial charge on any atom is -0.497 e. The van der Waals surface area contributed by atoms with Gasteiger partial charge in [-0.15, -0.1) is 0 Å². The van der Waals surface area contributed by atoms with Gasteiger partial charge in [0.1, 0.15) is 11.5 Å². The van der Waals surface area contributed by atoms with Crippen LogP contribution in [0.1, 0.15) is 64.5 Å². The molecule has 4 atom stereocenters. The summed E-state index contributed by atoms with van der Waals surface area (Å²) < 4.78 is 11.0. The Balaban J connectivity index is 2.04. The standard InChI is InChI=1S/C23H34O3/c1-15-8-11-19-22(2,3)12-7-13-23(19,4)20(15)21(24)17-14-16(25-5)9-10-18(17)26-6/h9-10,14,19-21,24H,1,7-8,11-13H2,2-6H3/t19-,20+,21?,23-/m1/s1. The first-order valence-corrected chi connectivity index (χ1v) is 9.82. The monoisotopic (exact) mass is 358 g/mol. The summed E-state index contributed by atoms with van der Waals surface area (Å²) in [5.74, 6) is 2.10. The molecule has 0 spiro atoms. The fraction of sp³-hybridized carbons (Fsp3) is 0.652. The molecule has 1 unspecified atom stereocenters. The second-order valence-corrected chi connectivity index (χ2v) is 9.13. The molecule has 0 bridgehead atoms. The number of benzene rings is 1. The molecule has 1 N–H and O–H groups in total. The molecule has 0 heterocycles. The Morgan fingerprint density at radius 2 is 1.88 bits per heavy atom. The molecule has 1 aromatic rings. The van der Waals surface area contributed by atoms with Crippen LogP contribution in [0.2, 0.25) is 0 Å². The van der Waals surface area contributed by atoms with E-state index < -0.39 is 6.10 Å². The highest BCUT2D eigenvalue weighted by molar-refractivity contribution is 5.43. The van der Waals surface area contributed by atoms with Crippen molar-refractivity contribution in [3.63, 3.8) is 0 Å². The van der Waals surface area contributed by atoms with Crippen molar-refractivity contribution in [2.24, 2.45) is 22.7 Å². The first-order valence-electron chi connectivity index (χ1n) is 9.82. The summed E-state index contributed by atoms with van der Waals surface area (Å²) in [5.41, 5.74) is 2.36. The quantitative estimate of drug-likeness (QED) is 0.719. The highest BCUT2D eigenvalue weighted by Gasteiger charge is 2.55. The van der Waals surface area contributed by atoms with Crippen molar-refractivity contribution in [1.29, 1.82) is 0 Å². The molecule has 0 amide bonds. The fourth-order valence-electron chi connectivity index (χ4n) is 6.04. The van der Waals surface area contributed by atoms with Gasteiger partial charge in [0.15, 0.2) is 0 Å². The van der Waals surface area contributed by atoms with Gasteiger partial charge in [0.25, 0.3) is 0 Å². The first-order chi connectivity index (χ1) is 12.2. The van der Waals surface area contributed by atoms with Gasteiger partial charge in [-0.1, -0.05) is 39.3 Å². The fourth-order valence-corrected chi connectivity index (χ4v) is 6.04. The third-order valence-corrected chi connectivity index (χ3v) is 7.25. The van der Waals surface area contributed by atoms with Crippen LogP contribution in [0.15, 0.2) is 30.4 Å². The molecule has 2 saturated carbocycles. The number of methoxy groups -OCH3 is 2. The predicted octanol–water partition coefficient (Wildman–Crippen LogP) is 5.54. The second kappa shape index (κ2) is 6.92. The van der Waals surface area contributed by atoms with Crippen molar-refractivity contribution >= 4 is 0 Å². The molecule has 0 aromatic heterocycles. The third-order valence-electron chi connectivity index (χ3n) is 7.25. The maximum atomic E-state index is 11.5. The lowest BCUT2D eigenvalue weighted by Gasteiger charge is -2.58. The van der Waals surface area contributed by atoms with Gasteiger partial charge in [0.05, 0.1) is 20.3 Å². The predicted molar refractivity (Wildman–Crippen MR) is 106 cm³/mol. The van der Waals surface area contributed by atoms with E-state index in [1.54, 1.807) is 14.2 Å². The molecular formula is C23H34O3. The second-order valence-electron chi connectivity index (χ2n) is 9.13. The molecule has 0 radical (unpaired) electrons. The van der Waals surface area contributed by atoms with Crippen molar-refractivity contribution in [1.82, 2.24) is 0 Å². The molecule has 3 rings (SSSR count). The summed E-state index contributed by atoms with van der Waals surface area (Å²) in [6.45, 7) is 11.6. The molecule has 0 aliphatic heterocycles. The van der Waals surface area contributed by atoms with Gasteiger partial charge >= 0.3 is 0 Å². The van der Waals surface area contributed by atoms with E-state index >= 15 is 0 Å². The normalized spacial score (nSPS) is 31.8. The molecule has 1 aromatic carbocycles. The summed E-state index contributed by atoms with van der Waals surface area (Å²) in [7, 11) is 3.31. The molecule has 144 valence electrons. The van der Waals surface area contributed by atoms with Crippen LogP contribution < -0.4 is 9.47 Å². The van der Waals surface area contributed by atoms with E-state index in [4.69, 9.17) is 9.47 Å². The number of aliphatic hydroxyl groups excluding tert-OH is 1. The van der Waals surface area contributed by atoms with E-state index in [0.717, 1.165) is 24.2 Å². The SMILES string of the molecule is C=C1CC[C@@H]2C(C)(C)CCC[C@@]2(C)[C@@H]1C(O)c1cc(OC)ccc1OC. The number of ether oxygens (including phenoxy) is 2. The van der Waals surface area contributed by atoms with Gasteiger partial charge in [-0.25, -0.2) is 0 Å². The maximum absolute atomic E-state index is 11.5. The van der Waals surface area contributed by atoms with E-state index in [-0.39, 0.29) is 11.3 Å². The number of fused-ring (bicyclic) bond motifs is 1. The molecule has 3 heteroatoms. The van der Waals surface area contributed by atoms with Crippen molar-refractivity contribution in [3.05, 3.63) is 35.9 Å². The smallest absolute Gasteiger partial charge is 0.124 e. The van der Waals surface area contributed by atoms with E-state index in [2.05, 4.69) is 27.4 Å². The molecule has 26 heavy (non-hydrogen) atoms. The van der Waals surface area contributed by atoms with Gasteiger partial charge in [-0.2, -0.15) is 0 Å². The number of aliphatic hydroxyl groups is 1. The van der Waals surface area contributed by atoms with Crippen LogP contribution in [0, 0.1) is 22.7 Å². The third kappa shape index (κ3) is 3.05. The zero-order chi connectivity index (χ0) is 19.1. The maximum Gasteiger partial charge on any atom is 0.124 e. The van der Waals surface area contributed by atoms with Gasteiger partial charge in [-0.05, 0) is 60.6 Å². The topological polar surface area (TPSA) is 38.7 Å².